The molecule has 0 rings (SSSR count). The summed E-state index contributed by atoms with van der Waals surface area (Å²) in [6.45, 7) is 7.21. The number of unbranched alkanes of at least 4 members (excludes halogenated alkanes) is 1. The van der Waals surface area contributed by atoms with Gasteiger partial charge in [0.1, 0.15) is 0 Å². The van der Waals surface area contributed by atoms with E-state index >= 15 is 0 Å². The fourth-order valence-electron chi connectivity index (χ4n) is 1.28. The summed E-state index contributed by atoms with van der Waals surface area (Å²) in [5.74, 6) is 0.679. The number of halogens is 4. The lowest BCUT2D eigenvalue weighted by Gasteiger charge is -2.16. The monoisotopic (exact) mass is 395 g/mol. The minimum Gasteiger partial charge on any atom is -0.357 e. The van der Waals surface area contributed by atoms with Gasteiger partial charge in [0.25, 0.3) is 0 Å². The van der Waals surface area contributed by atoms with E-state index in [1.165, 1.54) is 0 Å². The summed E-state index contributed by atoms with van der Waals surface area (Å²) in [6, 6.07) is 0.304. The predicted molar refractivity (Wildman–Crippen MR) is 84.2 cm³/mol. The van der Waals surface area contributed by atoms with Crippen molar-refractivity contribution in [3.05, 3.63) is 0 Å². The van der Waals surface area contributed by atoms with Crippen LogP contribution in [0.15, 0.2) is 4.99 Å². The summed E-state index contributed by atoms with van der Waals surface area (Å²) < 4.78 is 35.8. The minimum atomic E-state index is -4.05. The Morgan fingerprint density at radius 1 is 1.21 bits per heavy atom. The van der Waals surface area contributed by atoms with Crippen molar-refractivity contribution in [3.8, 4) is 0 Å². The molecule has 0 spiro atoms. The Labute approximate surface area is 130 Å². The van der Waals surface area contributed by atoms with Crippen LogP contribution >= 0.6 is 24.0 Å². The van der Waals surface area contributed by atoms with E-state index in [-0.39, 0.29) is 30.4 Å². The lowest BCUT2D eigenvalue weighted by atomic mass is 10.2. The van der Waals surface area contributed by atoms with E-state index < -0.39 is 12.6 Å². The smallest absolute Gasteiger partial charge is 0.357 e. The van der Waals surface area contributed by atoms with Crippen molar-refractivity contribution in [2.45, 2.75) is 58.7 Å². The fourth-order valence-corrected chi connectivity index (χ4v) is 1.28. The Hall–Kier alpha value is -0.210. The molecule has 0 aliphatic heterocycles. The van der Waals surface area contributed by atoms with Gasteiger partial charge in [0, 0.05) is 25.6 Å². The van der Waals surface area contributed by atoms with Crippen molar-refractivity contribution < 1.29 is 13.2 Å². The zero-order valence-electron chi connectivity index (χ0n) is 11.8. The predicted octanol–water partition coefficient (Wildman–Crippen LogP) is 3.69. The summed E-state index contributed by atoms with van der Waals surface area (Å²) in [6.07, 6.45) is -3.22. The van der Waals surface area contributed by atoms with Gasteiger partial charge < -0.3 is 10.6 Å². The topological polar surface area (TPSA) is 36.4 Å². The van der Waals surface area contributed by atoms with Crippen LogP contribution < -0.4 is 10.6 Å². The third kappa shape index (κ3) is 14.0. The number of nitrogens with zero attached hydrogens (tertiary/aromatic N) is 1. The first-order chi connectivity index (χ1) is 8.39. The Kier molecular flexibility index (Phi) is 12.9. The molecule has 3 nitrogen and oxygen atoms in total. The van der Waals surface area contributed by atoms with Gasteiger partial charge in [-0.25, -0.2) is 0 Å². The Bertz CT molecular complexity index is 245. The highest BCUT2D eigenvalue weighted by molar-refractivity contribution is 14.0. The number of aliphatic imine (C=N–C) groups is 1. The van der Waals surface area contributed by atoms with Crippen molar-refractivity contribution in [1.82, 2.24) is 10.6 Å². The number of rotatable bonds is 7. The molecule has 0 aliphatic rings. The second-order valence-electron chi connectivity index (χ2n) is 4.29. The third-order valence-corrected chi connectivity index (χ3v) is 2.48. The van der Waals surface area contributed by atoms with Gasteiger partial charge in [0.05, 0.1) is 0 Å². The SMILES string of the molecule is CCNC(=NCCCCC(F)(F)F)NC(C)CC.I. The number of nitrogens with one attached hydrogen (secondary N) is 2. The van der Waals surface area contributed by atoms with Gasteiger partial charge in [-0.2, -0.15) is 13.2 Å². The van der Waals surface area contributed by atoms with Crippen molar-refractivity contribution in [3.63, 3.8) is 0 Å². The average molecular weight is 395 g/mol. The quantitative estimate of drug-likeness (QED) is 0.299. The molecule has 1 unspecified atom stereocenters. The molecule has 0 saturated heterocycles. The van der Waals surface area contributed by atoms with Crippen LogP contribution in [0.4, 0.5) is 13.2 Å². The molecule has 0 heterocycles. The fraction of sp³-hybridized carbons (Fsp3) is 0.917. The molecule has 116 valence electrons. The number of hydrogen-bond acceptors (Lipinski definition) is 1. The van der Waals surface area contributed by atoms with Crippen LogP contribution in [0.2, 0.25) is 0 Å². The van der Waals surface area contributed by atoms with Crippen molar-refractivity contribution in [1.29, 1.82) is 0 Å². The standard InChI is InChI=1S/C12H24F3N3.HI/c1-4-10(3)18-11(16-5-2)17-9-7-6-8-12(13,14)15;/h10H,4-9H2,1-3H3,(H2,16,17,18);1H. The van der Waals surface area contributed by atoms with Gasteiger partial charge in [0.2, 0.25) is 0 Å². The average Bonchev–Trinajstić information content (AvgIpc) is 2.27. The molecule has 0 aromatic heterocycles. The van der Waals surface area contributed by atoms with Crippen LogP contribution in [-0.4, -0.2) is 31.3 Å². The zero-order valence-corrected chi connectivity index (χ0v) is 14.1. The van der Waals surface area contributed by atoms with E-state index in [2.05, 4.69) is 22.5 Å². The van der Waals surface area contributed by atoms with Crippen LogP contribution in [0.1, 0.15) is 46.5 Å². The number of hydrogen-bond donors (Lipinski definition) is 2. The van der Waals surface area contributed by atoms with E-state index in [1.54, 1.807) is 0 Å². The molecular formula is C12H25F3IN3. The van der Waals surface area contributed by atoms with E-state index in [0.29, 0.717) is 25.0 Å². The van der Waals surface area contributed by atoms with Gasteiger partial charge in [0.15, 0.2) is 5.96 Å². The van der Waals surface area contributed by atoms with E-state index in [4.69, 9.17) is 0 Å². The molecule has 7 heteroatoms. The van der Waals surface area contributed by atoms with Crippen LogP contribution in [0, 0.1) is 0 Å². The molecule has 0 radical (unpaired) electrons. The Morgan fingerprint density at radius 3 is 2.32 bits per heavy atom. The van der Waals surface area contributed by atoms with Crippen LogP contribution in [0.25, 0.3) is 0 Å². The number of guanidine groups is 1. The van der Waals surface area contributed by atoms with Gasteiger partial charge in [-0.15, -0.1) is 24.0 Å². The third-order valence-electron chi connectivity index (χ3n) is 2.48. The van der Waals surface area contributed by atoms with E-state index in [0.717, 1.165) is 13.0 Å². The Morgan fingerprint density at radius 2 is 1.84 bits per heavy atom. The minimum absolute atomic E-state index is 0. The molecule has 2 N–H and O–H groups in total. The van der Waals surface area contributed by atoms with Crippen LogP contribution in [0.5, 0.6) is 0 Å². The normalized spacial score (nSPS) is 13.7. The summed E-state index contributed by atoms with van der Waals surface area (Å²) in [7, 11) is 0. The zero-order chi connectivity index (χ0) is 14.0. The first-order valence-corrected chi connectivity index (χ1v) is 6.50. The lowest BCUT2D eigenvalue weighted by Crippen LogP contribution is -2.42. The summed E-state index contributed by atoms with van der Waals surface area (Å²) >= 11 is 0. The summed E-state index contributed by atoms with van der Waals surface area (Å²) in [5, 5.41) is 6.26. The van der Waals surface area contributed by atoms with E-state index in [9.17, 15) is 13.2 Å². The molecule has 1 atom stereocenters. The maximum Gasteiger partial charge on any atom is 0.389 e. The summed E-state index contributed by atoms with van der Waals surface area (Å²) in [5.41, 5.74) is 0. The molecule has 19 heavy (non-hydrogen) atoms. The second-order valence-corrected chi connectivity index (χ2v) is 4.29. The first-order valence-electron chi connectivity index (χ1n) is 6.50. The molecule has 0 amide bonds. The van der Waals surface area contributed by atoms with Crippen molar-refractivity contribution >= 4 is 29.9 Å². The summed E-state index contributed by atoms with van der Waals surface area (Å²) in [4.78, 5) is 4.25. The highest BCUT2D eigenvalue weighted by Gasteiger charge is 2.25. The van der Waals surface area contributed by atoms with Crippen molar-refractivity contribution in [2.24, 2.45) is 4.99 Å². The van der Waals surface area contributed by atoms with Gasteiger partial charge >= 0.3 is 6.18 Å². The molecule has 0 bridgehead atoms. The van der Waals surface area contributed by atoms with E-state index in [1.807, 2.05) is 13.8 Å². The molecule has 0 aromatic carbocycles. The second kappa shape index (κ2) is 11.6. The highest BCUT2D eigenvalue weighted by Crippen LogP contribution is 2.21. The highest BCUT2D eigenvalue weighted by atomic mass is 127. The first kappa shape index (κ1) is 21.1. The van der Waals surface area contributed by atoms with Gasteiger partial charge in [-0.3, -0.25) is 4.99 Å². The maximum absolute atomic E-state index is 11.9. The molecule has 0 saturated carbocycles. The Balaban J connectivity index is 0. The van der Waals surface area contributed by atoms with Gasteiger partial charge in [-0.1, -0.05) is 6.92 Å². The van der Waals surface area contributed by atoms with Gasteiger partial charge in [-0.05, 0) is 33.1 Å². The molecule has 0 aliphatic carbocycles. The largest absolute Gasteiger partial charge is 0.389 e. The lowest BCUT2D eigenvalue weighted by molar-refractivity contribution is -0.135. The van der Waals surface area contributed by atoms with Crippen LogP contribution in [-0.2, 0) is 0 Å². The molecular weight excluding hydrogens is 370 g/mol. The number of alkyl halides is 3. The molecule has 0 fully saturated rings. The van der Waals surface area contributed by atoms with Crippen molar-refractivity contribution in [2.75, 3.05) is 13.1 Å². The molecule has 0 aromatic rings. The maximum atomic E-state index is 11.9. The van der Waals surface area contributed by atoms with Crippen LogP contribution in [0.3, 0.4) is 0 Å².